The number of rotatable bonds is 4. The first-order valence-corrected chi connectivity index (χ1v) is 6.89. The lowest BCUT2D eigenvalue weighted by atomic mass is 9.84. The molecule has 0 saturated heterocycles. The molecule has 1 aromatic rings. The van der Waals surface area contributed by atoms with E-state index in [2.05, 4.69) is 5.32 Å². The van der Waals surface area contributed by atoms with Crippen LogP contribution in [0.15, 0.2) is 18.2 Å². The molecule has 1 amide bonds. The van der Waals surface area contributed by atoms with Crippen LogP contribution in [0.2, 0.25) is 0 Å². The van der Waals surface area contributed by atoms with E-state index >= 15 is 0 Å². The van der Waals surface area contributed by atoms with Crippen LogP contribution in [-0.2, 0) is 4.79 Å². The van der Waals surface area contributed by atoms with Crippen molar-refractivity contribution in [3.63, 3.8) is 0 Å². The second-order valence-electron chi connectivity index (χ2n) is 5.39. The van der Waals surface area contributed by atoms with Gasteiger partial charge in [0.25, 0.3) is 5.91 Å². The quantitative estimate of drug-likeness (QED) is 0.785. The third-order valence-electron chi connectivity index (χ3n) is 3.86. The molecule has 0 heterocycles. The van der Waals surface area contributed by atoms with E-state index in [1.54, 1.807) is 6.07 Å². The number of hydrogen-bond acceptors (Lipinski definition) is 3. The van der Waals surface area contributed by atoms with E-state index in [0.717, 1.165) is 24.8 Å². The molecule has 4 N–H and O–H groups in total. The molecule has 0 aromatic heterocycles. The minimum Gasteiger partial charge on any atom is -0.481 e. The SMILES string of the molecule is Cc1ccc(C(N)=O)c(NC2CCCCC2C(=O)O)c1. The summed E-state index contributed by atoms with van der Waals surface area (Å²) in [6.45, 7) is 1.92. The first kappa shape index (κ1) is 14.4. The van der Waals surface area contributed by atoms with E-state index in [1.165, 1.54) is 0 Å². The molecule has 1 aliphatic carbocycles. The molecule has 0 spiro atoms. The second kappa shape index (κ2) is 5.94. The maximum absolute atomic E-state index is 11.5. The molecule has 1 aromatic carbocycles. The average Bonchev–Trinajstić information content (AvgIpc) is 2.38. The predicted molar refractivity (Wildman–Crippen MR) is 76.7 cm³/mol. The largest absolute Gasteiger partial charge is 0.481 e. The van der Waals surface area contributed by atoms with Gasteiger partial charge in [0.2, 0.25) is 0 Å². The summed E-state index contributed by atoms with van der Waals surface area (Å²) in [5.41, 5.74) is 7.41. The Hall–Kier alpha value is -2.04. The average molecular weight is 276 g/mol. The van der Waals surface area contributed by atoms with E-state index in [1.807, 2.05) is 19.1 Å². The highest BCUT2D eigenvalue weighted by molar-refractivity contribution is 5.98. The number of anilines is 1. The zero-order valence-corrected chi connectivity index (χ0v) is 11.6. The number of amides is 1. The van der Waals surface area contributed by atoms with Crippen LogP contribution in [0, 0.1) is 12.8 Å². The van der Waals surface area contributed by atoms with Crippen LogP contribution in [0.5, 0.6) is 0 Å². The van der Waals surface area contributed by atoms with Crippen LogP contribution in [-0.4, -0.2) is 23.0 Å². The fourth-order valence-electron chi connectivity index (χ4n) is 2.79. The first-order valence-electron chi connectivity index (χ1n) is 6.89. The Morgan fingerprint density at radius 1 is 1.30 bits per heavy atom. The summed E-state index contributed by atoms with van der Waals surface area (Å²) in [7, 11) is 0. The van der Waals surface area contributed by atoms with Crippen LogP contribution in [0.4, 0.5) is 5.69 Å². The zero-order valence-electron chi connectivity index (χ0n) is 11.6. The highest BCUT2D eigenvalue weighted by atomic mass is 16.4. The normalized spacial score (nSPS) is 22.2. The molecule has 20 heavy (non-hydrogen) atoms. The monoisotopic (exact) mass is 276 g/mol. The van der Waals surface area contributed by atoms with E-state index in [4.69, 9.17) is 5.73 Å². The third-order valence-corrected chi connectivity index (χ3v) is 3.86. The molecule has 2 rings (SSSR count). The van der Waals surface area contributed by atoms with Crippen molar-refractivity contribution in [1.29, 1.82) is 0 Å². The van der Waals surface area contributed by atoms with Crippen molar-refractivity contribution in [2.45, 2.75) is 38.6 Å². The van der Waals surface area contributed by atoms with Crippen molar-refractivity contribution < 1.29 is 14.7 Å². The Morgan fingerprint density at radius 3 is 2.65 bits per heavy atom. The van der Waals surface area contributed by atoms with Crippen LogP contribution in [0.1, 0.15) is 41.6 Å². The summed E-state index contributed by atoms with van der Waals surface area (Å²) < 4.78 is 0. The predicted octanol–water partition coefficient (Wildman–Crippen LogP) is 2.15. The molecular formula is C15H20N2O3. The van der Waals surface area contributed by atoms with E-state index < -0.39 is 17.8 Å². The molecule has 1 aliphatic rings. The van der Waals surface area contributed by atoms with Gasteiger partial charge in [0, 0.05) is 11.7 Å². The molecule has 2 unspecified atom stereocenters. The number of carbonyl (C=O) groups excluding carboxylic acids is 1. The van der Waals surface area contributed by atoms with E-state index in [-0.39, 0.29) is 6.04 Å². The molecule has 5 nitrogen and oxygen atoms in total. The van der Waals surface area contributed by atoms with Gasteiger partial charge in [-0.2, -0.15) is 0 Å². The number of aliphatic carboxylic acids is 1. The number of aryl methyl sites for hydroxylation is 1. The molecule has 5 heteroatoms. The van der Waals surface area contributed by atoms with E-state index in [0.29, 0.717) is 17.7 Å². The smallest absolute Gasteiger partial charge is 0.308 e. The minimum atomic E-state index is -0.782. The molecule has 108 valence electrons. The zero-order chi connectivity index (χ0) is 14.7. The van der Waals surface area contributed by atoms with Crippen molar-refractivity contribution in [3.05, 3.63) is 29.3 Å². The minimum absolute atomic E-state index is 0.152. The Labute approximate surface area is 118 Å². The fraction of sp³-hybridized carbons (Fsp3) is 0.467. The number of carboxylic acid groups (broad SMARTS) is 1. The molecule has 2 atom stereocenters. The van der Waals surface area contributed by atoms with Gasteiger partial charge in [-0.05, 0) is 37.5 Å². The van der Waals surface area contributed by atoms with Gasteiger partial charge < -0.3 is 16.2 Å². The van der Waals surface area contributed by atoms with Crippen molar-refractivity contribution in [1.82, 2.24) is 0 Å². The molecule has 0 radical (unpaired) electrons. The number of carboxylic acids is 1. The Bertz CT molecular complexity index is 528. The maximum atomic E-state index is 11.5. The molecule has 0 aliphatic heterocycles. The van der Waals surface area contributed by atoms with Gasteiger partial charge in [-0.1, -0.05) is 18.9 Å². The van der Waals surface area contributed by atoms with Gasteiger partial charge in [0.05, 0.1) is 11.5 Å². The highest BCUT2D eigenvalue weighted by Crippen LogP contribution is 2.29. The number of benzene rings is 1. The van der Waals surface area contributed by atoms with Gasteiger partial charge in [-0.3, -0.25) is 9.59 Å². The maximum Gasteiger partial charge on any atom is 0.308 e. The van der Waals surface area contributed by atoms with Crippen molar-refractivity contribution in [2.24, 2.45) is 11.7 Å². The van der Waals surface area contributed by atoms with Crippen molar-refractivity contribution >= 4 is 17.6 Å². The number of carbonyl (C=O) groups is 2. The van der Waals surface area contributed by atoms with Gasteiger partial charge in [-0.25, -0.2) is 0 Å². The Kier molecular flexibility index (Phi) is 4.27. The van der Waals surface area contributed by atoms with Crippen LogP contribution in [0.25, 0.3) is 0 Å². The van der Waals surface area contributed by atoms with Crippen LogP contribution < -0.4 is 11.1 Å². The summed E-state index contributed by atoms with van der Waals surface area (Å²) in [6.07, 6.45) is 3.40. The topological polar surface area (TPSA) is 92.4 Å². The first-order chi connectivity index (χ1) is 9.49. The van der Waals surface area contributed by atoms with Crippen molar-refractivity contribution in [3.8, 4) is 0 Å². The summed E-state index contributed by atoms with van der Waals surface area (Å²) in [6, 6.07) is 5.19. The molecule has 0 bridgehead atoms. The number of primary amides is 1. The van der Waals surface area contributed by atoms with Gasteiger partial charge in [0.1, 0.15) is 0 Å². The fourth-order valence-corrected chi connectivity index (χ4v) is 2.79. The third kappa shape index (κ3) is 3.10. The standard InChI is InChI=1S/C15H20N2O3/c1-9-6-7-10(14(16)18)13(8-9)17-12-5-3-2-4-11(12)15(19)20/h6-8,11-12,17H,2-5H2,1H3,(H2,16,18)(H,19,20). The lowest BCUT2D eigenvalue weighted by molar-refractivity contribution is -0.143. The molecule has 1 fully saturated rings. The molecule has 1 saturated carbocycles. The summed E-state index contributed by atoms with van der Waals surface area (Å²) in [4.78, 5) is 22.8. The highest BCUT2D eigenvalue weighted by Gasteiger charge is 2.31. The second-order valence-corrected chi connectivity index (χ2v) is 5.39. The summed E-state index contributed by atoms with van der Waals surface area (Å²) in [5.74, 6) is -1.70. The van der Waals surface area contributed by atoms with Gasteiger partial charge in [0.15, 0.2) is 0 Å². The summed E-state index contributed by atoms with van der Waals surface area (Å²) in [5, 5.41) is 12.5. The Balaban J connectivity index is 2.25. The van der Waals surface area contributed by atoms with Crippen molar-refractivity contribution in [2.75, 3.05) is 5.32 Å². The summed E-state index contributed by atoms with van der Waals surface area (Å²) >= 11 is 0. The lowest BCUT2D eigenvalue weighted by Crippen LogP contribution is -2.37. The molecular weight excluding hydrogens is 256 g/mol. The lowest BCUT2D eigenvalue weighted by Gasteiger charge is -2.30. The van der Waals surface area contributed by atoms with Gasteiger partial charge >= 0.3 is 5.97 Å². The number of nitrogens with one attached hydrogen (secondary N) is 1. The van der Waals surface area contributed by atoms with E-state index in [9.17, 15) is 14.7 Å². The number of hydrogen-bond donors (Lipinski definition) is 3. The Morgan fingerprint density at radius 2 is 2.00 bits per heavy atom. The van der Waals surface area contributed by atoms with Crippen LogP contribution >= 0.6 is 0 Å². The van der Waals surface area contributed by atoms with Crippen LogP contribution in [0.3, 0.4) is 0 Å². The number of nitrogens with two attached hydrogens (primary N) is 1. The van der Waals surface area contributed by atoms with Gasteiger partial charge in [-0.15, -0.1) is 0 Å².